The number of aryl methyl sites for hydroxylation is 1. The van der Waals surface area contributed by atoms with Gasteiger partial charge >= 0.3 is 6.18 Å². The Labute approximate surface area is 217 Å². The van der Waals surface area contributed by atoms with Crippen molar-refractivity contribution in [1.82, 2.24) is 9.29 Å². The van der Waals surface area contributed by atoms with Crippen molar-refractivity contribution in [1.29, 1.82) is 0 Å². The Kier molecular flexibility index (Phi) is 6.88. The van der Waals surface area contributed by atoms with Crippen molar-refractivity contribution in [2.75, 3.05) is 23.7 Å². The number of benzene rings is 2. The molecule has 2 aliphatic heterocycles. The van der Waals surface area contributed by atoms with E-state index in [2.05, 4.69) is 15.6 Å². The number of amides is 1. The Bertz CT molecular complexity index is 1440. The Morgan fingerprint density at radius 1 is 1.03 bits per heavy atom. The van der Waals surface area contributed by atoms with Crippen LogP contribution in [0.25, 0.3) is 11.1 Å². The molecule has 0 aliphatic carbocycles. The van der Waals surface area contributed by atoms with Gasteiger partial charge in [0.2, 0.25) is 15.9 Å². The fraction of sp³-hybridized carbons (Fsp3) is 0.308. The van der Waals surface area contributed by atoms with Crippen LogP contribution in [0.15, 0.2) is 65.7 Å². The normalized spacial score (nSPS) is 20.5. The number of aliphatic hydroxyl groups excluding tert-OH is 1. The minimum absolute atomic E-state index is 0.0130. The fourth-order valence-electron chi connectivity index (χ4n) is 4.66. The number of aromatic nitrogens is 1. The number of carbonyl (C=O) groups excluding carboxylic acids is 1. The van der Waals surface area contributed by atoms with Crippen LogP contribution < -0.4 is 10.6 Å². The summed E-state index contributed by atoms with van der Waals surface area (Å²) in [6.45, 7) is -0.0467. The van der Waals surface area contributed by atoms with E-state index in [0.29, 0.717) is 19.0 Å². The monoisotopic (exact) mass is 546 g/mol. The van der Waals surface area contributed by atoms with E-state index in [4.69, 9.17) is 0 Å². The van der Waals surface area contributed by atoms with Crippen molar-refractivity contribution in [2.24, 2.45) is 0 Å². The molecule has 2 atom stereocenters. The average molecular weight is 547 g/mol. The van der Waals surface area contributed by atoms with Crippen molar-refractivity contribution in [3.05, 3.63) is 71.9 Å². The Morgan fingerprint density at radius 2 is 1.76 bits per heavy atom. The van der Waals surface area contributed by atoms with Crippen molar-refractivity contribution in [2.45, 2.75) is 42.5 Å². The number of alkyl halides is 3. The summed E-state index contributed by atoms with van der Waals surface area (Å²) >= 11 is 0. The van der Waals surface area contributed by atoms with E-state index in [-0.39, 0.29) is 36.1 Å². The van der Waals surface area contributed by atoms with Gasteiger partial charge in [-0.3, -0.25) is 4.79 Å². The van der Waals surface area contributed by atoms with E-state index in [9.17, 15) is 31.5 Å². The highest BCUT2D eigenvalue weighted by molar-refractivity contribution is 7.89. The molecule has 0 unspecified atom stereocenters. The molecule has 2 aliphatic rings. The number of fused-ring (bicyclic) bond motifs is 1. The summed E-state index contributed by atoms with van der Waals surface area (Å²) in [5.41, 5.74) is 2.67. The molecule has 2 aromatic carbocycles. The number of carbonyl (C=O) groups is 1. The molecule has 38 heavy (non-hydrogen) atoms. The number of nitrogens with one attached hydrogen (secondary N) is 2. The van der Waals surface area contributed by atoms with Gasteiger partial charge in [-0.2, -0.15) is 17.5 Å². The van der Waals surface area contributed by atoms with E-state index < -0.39 is 33.9 Å². The van der Waals surface area contributed by atoms with Crippen molar-refractivity contribution in [3.8, 4) is 11.1 Å². The number of nitrogens with zero attached hydrogens (tertiary/aromatic N) is 2. The van der Waals surface area contributed by atoms with Crippen LogP contribution in [0, 0.1) is 0 Å². The van der Waals surface area contributed by atoms with Crippen LogP contribution in [0.4, 0.5) is 24.7 Å². The number of sulfonamides is 1. The van der Waals surface area contributed by atoms with E-state index >= 15 is 0 Å². The van der Waals surface area contributed by atoms with E-state index in [1.807, 2.05) is 18.2 Å². The molecule has 1 amide bonds. The minimum Gasteiger partial charge on any atom is -0.390 e. The lowest BCUT2D eigenvalue weighted by Crippen LogP contribution is -2.51. The van der Waals surface area contributed by atoms with E-state index in [0.717, 1.165) is 28.4 Å². The van der Waals surface area contributed by atoms with Gasteiger partial charge in [-0.05, 0) is 65.9 Å². The molecule has 8 nitrogen and oxygen atoms in total. The number of β-amino-alcohol motifs (C(OH)–C–C–N with tert-alkyl or cyclic N) is 1. The molecule has 0 radical (unpaired) electrons. The number of pyridine rings is 1. The highest BCUT2D eigenvalue weighted by Crippen LogP contribution is 2.31. The number of hydrogen-bond acceptors (Lipinski definition) is 6. The summed E-state index contributed by atoms with van der Waals surface area (Å²) < 4.78 is 65.9. The van der Waals surface area contributed by atoms with Gasteiger partial charge in [0.1, 0.15) is 5.82 Å². The SMILES string of the molecule is O=C1CCc2cc(-c3ccc(S(=O)(=O)N4CC[C@@H](Nc5ccc(C(F)(F)F)cn5)[C@@H](O)C4)cc3)ccc2N1. The van der Waals surface area contributed by atoms with Gasteiger partial charge in [-0.1, -0.05) is 18.2 Å². The van der Waals surface area contributed by atoms with Gasteiger partial charge in [0, 0.05) is 31.4 Å². The number of piperidine rings is 1. The molecule has 3 aromatic rings. The Balaban J connectivity index is 1.24. The third-order valence-corrected chi connectivity index (χ3v) is 8.67. The molecule has 0 saturated carbocycles. The predicted octanol–water partition coefficient (Wildman–Crippen LogP) is 3.89. The van der Waals surface area contributed by atoms with Gasteiger partial charge in [-0.15, -0.1) is 0 Å². The van der Waals surface area contributed by atoms with Crippen molar-refractivity contribution in [3.63, 3.8) is 0 Å². The topological polar surface area (TPSA) is 112 Å². The van der Waals surface area contributed by atoms with Crippen LogP contribution in [-0.4, -0.2) is 54.0 Å². The molecule has 5 rings (SSSR count). The molecular formula is C26H25F3N4O4S. The highest BCUT2D eigenvalue weighted by Gasteiger charge is 2.35. The summed E-state index contributed by atoms with van der Waals surface area (Å²) in [6, 6.07) is 13.7. The Morgan fingerprint density at radius 3 is 2.42 bits per heavy atom. The molecule has 1 saturated heterocycles. The van der Waals surface area contributed by atoms with Gasteiger partial charge in [-0.25, -0.2) is 13.4 Å². The second-order valence-electron chi connectivity index (χ2n) is 9.34. The van der Waals surface area contributed by atoms with Crippen molar-refractivity contribution >= 4 is 27.4 Å². The number of halogens is 3. The molecule has 3 heterocycles. The number of anilines is 2. The molecule has 1 fully saturated rings. The van der Waals surface area contributed by atoms with Crippen LogP contribution >= 0.6 is 0 Å². The molecule has 0 spiro atoms. The van der Waals surface area contributed by atoms with Crippen LogP contribution in [0.5, 0.6) is 0 Å². The summed E-state index contributed by atoms with van der Waals surface area (Å²) in [5.74, 6) is 0.152. The lowest BCUT2D eigenvalue weighted by atomic mass is 9.97. The zero-order valence-electron chi connectivity index (χ0n) is 20.1. The number of aliphatic hydroxyl groups is 1. The number of rotatable bonds is 5. The standard InChI is InChI=1S/C26H25F3N4O4S/c27-26(28,29)19-5-9-24(30-14-19)31-22-11-12-33(15-23(22)34)38(36,37)20-6-1-16(2-7-20)17-3-8-21-18(13-17)4-10-25(35)32-21/h1-3,5-9,13-14,22-23,34H,4,10-12,15H2,(H,30,31)(H,32,35)/t22-,23+/m1/s1. The molecular weight excluding hydrogens is 521 g/mol. The maximum Gasteiger partial charge on any atom is 0.417 e. The first kappa shape index (κ1) is 26.1. The van der Waals surface area contributed by atoms with Gasteiger partial charge in [0.05, 0.1) is 22.6 Å². The van der Waals surface area contributed by atoms with Gasteiger partial charge in [0.15, 0.2) is 0 Å². The lowest BCUT2D eigenvalue weighted by molar-refractivity contribution is -0.137. The van der Waals surface area contributed by atoms with Crippen molar-refractivity contribution < 1.29 is 31.5 Å². The Hall–Kier alpha value is -3.48. The van der Waals surface area contributed by atoms with Crippen LogP contribution in [-0.2, 0) is 27.4 Å². The molecule has 12 heteroatoms. The first-order chi connectivity index (χ1) is 18.0. The van der Waals surface area contributed by atoms with Crippen LogP contribution in [0.3, 0.4) is 0 Å². The number of hydrogen-bond donors (Lipinski definition) is 3. The smallest absolute Gasteiger partial charge is 0.390 e. The minimum atomic E-state index is -4.50. The van der Waals surface area contributed by atoms with E-state index in [1.165, 1.54) is 22.5 Å². The lowest BCUT2D eigenvalue weighted by Gasteiger charge is -2.35. The summed E-state index contributed by atoms with van der Waals surface area (Å²) in [5, 5.41) is 16.3. The zero-order valence-corrected chi connectivity index (χ0v) is 20.9. The largest absolute Gasteiger partial charge is 0.417 e. The summed E-state index contributed by atoms with van der Waals surface area (Å²) in [6.07, 6.45) is -3.57. The predicted molar refractivity (Wildman–Crippen MR) is 135 cm³/mol. The fourth-order valence-corrected chi connectivity index (χ4v) is 6.13. The second-order valence-corrected chi connectivity index (χ2v) is 11.3. The molecule has 200 valence electrons. The zero-order chi connectivity index (χ0) is 27.1. The third-order valence-electron chi connectivity index (χ3n) is 6.79. The second kappa shape index (κ2) is 10.0. The maximum atomic E-state index is 13.2. The molecule has 0 bridgehead atoms. The van der Waals surface area contributed by atoms with E-state index in [1.54, 1.807) is 12.1 Å². The molecule has 1 aromatic heterocycles. The van der Waals surface area contributed by atoms with Gasteiger partial charge in [0.25, 0.3) is 0 Å². The maximum absolute atomic E-state index is 13.2. The third kappa shape index (κ3) is 5.38. The van der Waals surface area contributed by atoms with Gasteiger partial charge < -0.3 is 15.7 Å². The van der Waals surface area contributed by atoms with Crippen LogP contribution in [0.2, 0.25) is 0 Å². The quantitative estimate of drug-likeness (QED) is 0.448. The van der Waals surface area contributed by atoms with Crippen LogP contribution in [0.1, 0.15) is 24.0 Å². The highest BCUT2D eigenvalue weighted by atomic mass is 32.2. The first-order valence-electron chi connectivity index (χ1n) is 12.0. The first-order valence-corrected chi connectivity index (χ1v) is 13.5. The average Bonchev–Trinajstić information content (AvgIpc) is 2.89. The molecule has 3 N–H and O–H groups in total. The summed E-state index contributed by atoms with van der Waals surface area (Å²) in [4.78, 5) is 15.4. The summed E-state index contributed by atoms with van der Waals surface area (Å²) in [7, 11) is -3.88.